The summed E-state index contributed by atoms with van der Waals surface area (Å²) < 4.78 is 0. The zero-order valence-electron chi connectivity index (χ0n) is 12.6. The van der Waals surface area contributed by atoms with Crippen molar-refractivity contribution in [2.24, 2.45) is 0 Å². The molecule has 1 aliphatic heterocycles. The second-order valence-electron chi connectivity index (χ2n) is 6.22. The van der Waals surface area contributed by atoms with Crippen LogP contribution in [0.5, 0.6) is 0 Å². The quantitative estimate of drug-likeness (QED) is 0.913. The van der Waals surface area contributed by atoms with Gasteiger partial charge in [-0.2, -0.15) is 0 Å². The number of amides is 1. The molecule has 1 N–H and O–H groups in total. The summed E-state index contributed by atoms with van der Waals surface area (Å²) in [5.41, 5.74) is 2.23. The summed E-state index contributed by atoms with van der Waals surface area (Å²) in [5, 5.41) is 3.60. The largest absolute Gasteiger partial charge is 0.318 e. The van der Waals surface area contributed by atoms with Crippen LogP contribution >= 0.6 is 0 Å². The van der Waals surface area contributed by atoms with E-state index in [-0.39, 0.29) is 11.7 Å². The van der Waals surface area contributed by atoms with E-state index in [1.165, 1.54) is 11.1 Å². The van der Waals surface area contributed by atoms with Crippen molar-refractivity contribution in [3.8, 4) is 0 Å². The second-order valence-corrected chi connectivity index (χ2v) is 6.22. The lowest BCUT2D eigenvalue weighted by Gasteiger charge is -2.32. The maximum atomic E-state index is 12.8. The van der Waals surface area contributed by atoms with E-state index >= 15 is 0 Å². The van der Waals surface area contributed by atoms with E-state index in [1.54, 1.807) is 0 Å². The third-order valence-electron chi connectivity index (χ3n) is 4.81. The van der Waals surface area contributed by atoms with Crippen LogP contribution in [0.25, 0.3) is 0 Å². The fraction of sp³-hybridized carbons (Fsp3) is 0.588. The first-order valence-corrected chi connectivity index (χ1v) is 7.78. The predicted octanol–water partition coefficient (Wildman–Crippen LogP) is 3.15. The first kappa shape index (κ1) is 13.6. The molecule has 1 atom stereocenters. The number of nitrogens with one attached hydrogen (secondary N) is 1. The molecule has 1 amide bonds. The Bertz CT molecular complexity index is 500. The molecule has 1 aromatic rings. The van der Waals surface area contributed by atoms with E-state index in [2.05, 4.69) is 55.3 Å². The SMILES string of the molecule is CCC(CC)N1C(=O)C2(CC2)NC1c1ccc(C)cc1. The van der Waals surface area contributed by atoms with Gasteiger partial charge in [-0.25, -0.2) is 0 Å². The monoisotopic (exact) mass is 272 g/mol. The van der Waals surface area contributed by atoms with Gasteiger partial charge in [0.05, 0.1) is 0 Å². The zero-order valence-corrected chi connectivity index (χ0v) is 12.6. The van der Waals surface area contributed by atoms with Crippen molar-refractivity contribution in [2.45, 2.75) is 64.2 Å². The lowest BCUT2D eigenvalue weighted by molar-refractivity contribution is -0.133. The van der Waals surface area contributed by atoms with Gasteiger partial charge in [0.15, 0.2) is 0 Å². The van der Waals surface area contributed by atoms with Crippen LogP contribution in [0, 0.1) is 6.92 Å². The number of rotatable bonds is 4. The molecule has 0 aromatic heterocycles. The van der Waals surface area contributed by atoms with Crippen LogP contribution in [0.1, 0.15) is 56.8 Å². The van der Waals surface area contributed by atoms with Gasteiger partial charge in [-0.3, -0.25) is 10.1 Å². The molecule has 0 bridgehead atoms. The molecule has 2 fully saturated rings. The van der Waals surface area contributed by atoms with Crippen molar-refractivity contribution in [3.63, 3.8) is 0 Å². The topological polar surface area (TPSA) is 32.3 Å². The molecule has 3 rings (SSSR count). The summed E-state index contributed by atoms with van der Waals surface area (Å²) >= 11 is 0. The first-order chi connectivity index (χ1) is 9.61. The van der Waals surface area contributed by atoms with Crippen LogP contribution < -0.4 is 5.32 Å². The highest BCUT2D eigenvalue weighted by Gasteiger charge is 2.60. The lowest BCUT2D eigenvalue weighted by Crippen LogP contribution is -2.39. The Balaban J connectivity index is 1.94. The van der Waals surface area contributed by atoms with Gasteiger partial charge in [-0.05, 0) is 38.2 Å². The minimum absolute atomic E-state index is 0.0514. The molecule has 108 valence electrons. The molecule has 3 heteroatoms. The average Bonchev–Trinajstić information content (AvgIpc) is 3.18. The Kier molecular flexibility index (Phi) is 3.33. The number of hydrogen-bond donors (Lipinski definition) is 1. The Morgan fingerprint density at radius 2 is 1.85 bits per heavy atom. The maximum absolute atomic E-state index is 12.8. The number of carbonyl (C=O) groups is 1. The van der Waals surface area contributed by atoms with Crippen molar-refractivity contribution < 1.29 is 4.79 Å². The van der Waals surface area contributed by atoms with E-state index in [1.807, 2.05) is 0 Å². The molecule has 0 radical (unpaired) electrons. The summed E-state index contributed by atoms with van der Waals surface area (Å²) in [7, 11) is 0. The molecule has 1 aliphatic carbocycles. The highest BCUT2D eigenvalue weighted by molar-refractivity contribution is 5.92. The van der Waals surface area contributed by atoms with Crippen molar-refractivity contribution >= 4 is 5.91 Å². The van der Waals surface area contributed by atoms with Crippen LogP contribution in [-0.4, -0.2) is 22.4 Å². The smallest absolute Gasteiger partial charge is 0.244 e. The fourth-order valence-corrected chi connectivity index (χ4v) is 3.29. The van der Waals surface area contributed by atoms with Crippen molar-refractivity contribution in [1.29, 1.82) is 0 Å². The second kappa shape index (κ2) is 4.88. The fourth-order valence-electron chi connectivity index (χ4n) is 3.29. The number of hydrogen-bond acceptors (Lipinski definition) is 2. The summed E-state index contributed by atoms with van der Waals surface area (Å²) in [6.45, 7) is 6.44. The summed E-state index contributed by atoms with van der Waals surface area (Å²) in [6.07, 6.45) is 4.07. The average molecular weight is 272 g/mol. The number of nitrogens with zero attached hydrogens (tertiary/aromatic N) is 1. The summed E-state index contributed by atoms with van der Waals surface area (Å²) in [4.78, 5) is 14.9. The third kappa shape index (κ3) is 2.05. The first-order valence-electron chi connectivity index (χ1n) is 7.78. The highest BCUT2D eigenvalue weighted by Crippen LogP contribution is 2.47. The Labute approximate surface area is 121 Å². The molecular formula is C17H24N2O. The van der Waals surface area contributed by atoms with Crippen molar-refractivity contribution in [3.05, 3.63) is 35.4 Å². The number of benzene rings is 1. The number of aryl methyl sites for hydroxylation is 1. The summed E-state index contributed by atoms with van der Waals surface area (Å²) in [5.74, 6) is 0.316. The molecule has 1 unspecified atom stereocenters. The lowest BCUT2D eigenvalue weighted by atomic mass is 10.1. The molecule has 1 saturated carbocycles. The highest BCUT2D eigenvalue weighted by atomic mass is 16.2. The van der Waals surface area contributed by atoms with Gasteiger partial charge in [-0.15, -0.1) is 0 Å². The van der Waals surface area contributed by atoms with E-state index in [9.17, 15) is 4.79 Å². The van der Waals surface area contributed by atoms with Gasteiger partial charge >= 0.3 is 0 Å². The van der Waals surface area contributed by atoms with Crippen molar-refractivity contribution in [2.75, 3.05) is 0 Å². The molecule has 1 spiro atoms. The standard InChI is InChI=1S/C17H24N2O/c1-4-14(5-2)19-15(13-8-6-12(3)7-9-13)18-17(10-11-17)16(19)20/h6-9,14-15,18H,4-5,10-11H2,1-3H3. The van der Waals surface area contributed by atoms with Crippen LogP contribution in [0.15, 0.2) is 24.3 Å². The Hall–Kier alpha value is -1.35. The van der Waals surface area contributed by atoms with Crippen LogP contribution in [0.2, 0.25) is 0 Å². The van der Waals surface area contributed by atoms with Crippen LogP contribution in [0.4, 0.5) is 0 Å². The normalized spacial score (nSPS) is 23.9. The Morgan fingerprint density at radius 3 is 2.35 bits per heavy atom. The van der Waals surface area contributed by atoms with E-state index in [0.717, 1.165) is 25.7 Å². The van der Waals surface area contributed by atoms with Crippen molar-refractivity contribution in [1.82, 2.24) is 10.2 Å². The maximum Gasteiger partial charge on any atom is 0.244 e. The molecule has 3 nitrogen and oxygen atoms in total. The molecule has 1 aromatic carbocycles. The number of carbonyl (C=O) groups excluding carboxylic acids is 1. The van der Waals surface area contributed by atoms with Gasteiger partial charge in [0.1, 0.15) is 11.7 Å². The Morgan fingerprint density at radius 1 is 1.25 bits per heavy atom. The van der Waals surface area contributed by atoms with E-state index < -0.39 is 0 Å². The van der Waals surface area contributed by atoms with E-state index in [4.69, 9.17) is 0 Å². The molecule has 1 saturated heterocycles. The van der Waals surface area contributed by atoms with Gasteiger partial charge in [-0.1, -0.05) is 43.7 Å². The zero-order chi connectivity index (χ0) is 14.3. The van der Waals surface area contributed by atoms with Gasteiger partial charge in [0.25, 0.3) is 0 Å². The molecular weight excluding hydrogens is 248 g/mol. The molecule has 1 heterocycles. The van der Waals surface area contributed by atoms with Gasteiger partial charge < -0.3 is 4.90 Å². The van der Waals surface area contributed by atoms with E-state index in [0.29, 0.717) is 11.9 Å². The third-order valence-corrected chi connectivity index (χ3v) is 4.81. The van der Waals surface area contributed by atoms with Crippen LogP contribution in [0.3, 0.4) is 0 Å². The molecule has 2 aliphatic rings. The minimum Gasteiger partial charge on any atom is -0.318 e. The van der Waals surface area contributed by atoms with Gasteiger partial charge in [0.2, 0.25) is 5.91 Å². The summed E-state index contributed by atoms with van der Waals surface area (Å²) in [6, 6.07) is 8.89. The van der Waals surface area contributed by atoms with Gasteiger partial charge in [0, 0.05) is 6.04 Å². The minimum atomic E-state index is -0.238. The molecule has 20 heavy (non-hydrogen) atoms. The van der Waals surface area contributed by atoms with Crippen LogP contribution in [-0.2, 0) is 4.79 Å². The predicted molar refractivity (Wildman–Crippen MR) is 80.2 cm³/mol.